The summed E-state index contributed by atoms with van der Waals surface area (Å²) < 4.78 is 41.7. The molecule has 1 saturated carbocycles. The van der Waals surface area contributed by atoms with Gasteiger partial charge in [-0.15, -0.1) is 0 Å². The van der Waals surface area contributed by atoms with Crippen LogP contribution in [0, 0.1) is 12.8 Å². The molecular weight excluding hydrogens is 458 g/mol. The molecule has 2 N–H and O–H groups in total. The number of piperazine rings is 1. The van der Waals surface area contributed by atoms with Gasteiger partial charge < -0.3 is 24.5 Å². The summed E-state index contributed by atoms with van der Waals surface area (Å²) in [6.45, 7) is 3.94. The van der Waals surface area contributed by atoms with Crippen LogP contribution in [0.1, 0.15) is 43.6 Å². The second-order valence-corrected chi connectivity index (χ2v) is 9.20. The fourth-order valence-electron chi connectivity index (χ4n) is 4.25. The third-order valence-electron chi connectivity index (χ3n) is 6.47. The smallest absolute Gasteiger partial charge is 0.387 e. The Morgan fingerprint density at radius 2 is 1.97 bits per heavy atom. The molecule has 2 aliphatic rings. The maximum absolute atomic E-state index is 12.9. The molecule has 192 valence electrons. The van der Waals surface area contributed by atoms with Crippen LogP contribution >= 0.6 is 0 Å². The highest BCUT2D eigenvalue weighted by atomic mass is 19.3. The molecule has 8 nitrogen and oxygen atoms in total. The fraction of sp³-hybridized carbons (Fsp3) is 0.600. The minimum atomic E-state index is -2.97. The van der Waals surface area contributed by atoms with Crippen molar-refractivity contribution >= 4 is 5.91 Å². The summed E-state index contributed by atoms with van der Waals surface area (Å²) in [5.41, 5.74) is 6.89. The van der Waals surface area contributed by atoms with E-state index in [0.717, 1.165) is 32.1 Å². The number of unbranched alkanes of at least 4 members (excludes halogenated alkanes) is 1. The highest BCUT2D eigenvalue weighted by molar-refractivity contribution is 5.76. The van der Waals surface area contributed by atoms with Crippen LogP contribution in [0.5, 0.6) is 11.5 Å². The SMILES string of the molecule is Cc1nc(-c2ccc(OC(F)F)c(OCCCCC(=O)N3CCN(CC4CC4)CC3)c2)oc1CN. The van der Waals surface area contributed by atoms with E-state index in [-0.39, 0.29) is 30.6 Å². The largest absolute Gasteiger partial charge is 0.490 e. The van der Waals surface area contributed by atoms with Crippen molar-refractivity contribution in [3.05, 3.63) is 29.7 Å². The highest BCUT2D eigenvalue weighted by Gasteiger charge is 2.27. The van der Waals surface area contributed by atoms with E-state index in [1.807, 2.05) is 4.90 Å². The fourth-order valence-corrected chi connectivity index (χ4v) is 4.25. The highest BCUT2D eigenvalue weighted by Crippen LogP contribution is 2.34. The molecule has 1 saturated heterocycles. The number of benzene rings is 1. The monoisotopic (exact) mass is 492 g/mol. The summed E-state index contributed by atoms with van der Waals surface area (Å²) in [5.74, 6) is 2.03. The zero-order valence-electron chi connectivity index (χ0n) is 20.2. The van der Waals surface area contributed by atoms with Crippen molar-refractivity contribution in [1.82, 2.24) is 14.8 Å². The molecule has 0 atom stereocenters. The molecule has 2 heterocycles. The Labute approximate surface area is 204 Å². The first-order chi connectivity index (χ1) is 16.9. The predicted molar refractivity (Wildman–Crippen MR) is 126 cm³/mol. The van der Waals surface area contributed by atoms with Gasteiger partial charge in [0.25, 0.3) is 0 Å². The van der Waals surface area contributed by atoms with Gasteiger partial charge in [-0.05, 0) is 56.7 Å². The predicted octanol–water partition coefficient (Wildman–Crippen LogP) is 3.81. The van der Waals surface area contributed by atoms with Crippen molar-refractivity contribution in [3.63, 3.8) is 0 Å². The number of rotatable bonds is 12. The molecule has 4 rings (SSSR count). The molecule has 1 aromatic heterocycles. The lowest BCUT2D eigenvalue weighted by atomic mass is 10.2. The number of nitrogens with zero attached hydrogens (tertiary/aromatic N) is 3. The van der Waals surface area contributed by atoms with Gasteiger partial charge in [-0.2, -0.15) is 8.78 Å². The maximum atomic E-state index is 12.9. The van der Waals surface area contributed by atoms with E-state index in [4.69, 9.17) is 14.9 Å². The molecule has 0 radical (unpaired) electrons. The van der Waals surface area contributed by atoms with Gasteiger partial charge in [-0.3, -0.25) is 9.69 Å². The molecule has 2 fully saturated rings. The number of hydrogen-bond acceptors (Lipinski definition) is 7. The number of ether oxygens (including phenoxy) is 2. The molecule has 1 aliphatic heterocycles. The van der Waals surface area contributed by atoms with Crippen LogP contribution in [0.25, 0.3) is 11.5 Å². The van der Waals surface area contributed by atoms with E-state index in [2.05, 4.69) is 14.6 Å². The van der Waals surface area contributed by atoms with Crippen molar-refractivity contribution in [2.45, 2.75) is 52.2 Å². The van der Waals surface area contributed by atoms with Crippen LogP contribution in [-0.4, -0.2) is 66.6 Å². The number of aryl methyl sites for hydroxylation is 1. The first kappa shape index (κ1) is 25.4. The second kappa shape index (κ2) is 11.8. The standard InChI is InChI=1S/C25H34F2N4O4/c1-17-22(15-28)34-24(29-17)19-7-8-20(35-25(26)27)21(14-19)33-13-3-2-4-23(32)31-11-9-30(10-12-31)16-18-5-6-18/h7-8,14,18,25H,2-6,9-13,15-16,28H2,1H3. The summed E-state index contributed by atoms with van der Waals surface area (Å²) in [5, 5.41) is 0. The van der Waals surface area contributed by atoms with E-state index < -0.39 is 6.61 Å². The molecule has 1 aromatic carbocycles. The molecular formula is C25H34F2N4O4. The lowest BCUT2D eigenvalue weighted by Gasteiger charge is -2.34. The maximum Gasteiger partial charge on any atom is 0.387 e. The van der Waals surface area contributed by atoms with Crippen LogP contribution in [-0.2, 0) is 11.3 Å². The molecule has 10 heteroatoms. The molecule has 35 heavy (non-hydrogen) atoms. The zero-order valence-corrected chi connectivity index (χ0v) is 20.2. The summed E-state index contributed by atoms with van der Waals surface area (Å²) in [6.07, 6.45) is 4.40. The first-order valence-electron chi connectivity index (χ1n) is 12.3. The summed E-state index contributed by atoms with van der Waals surface area (Å²) in [6, 6.07) is 4.56. The third-order valence-corrected chi connectivity index (χ3v) is 6.47. The van der Waals surface area contributed by atoms with Crippen molar-refractivity contribution in [2.75, 3.05) is 39.3 Å². The molecule has 2 aromatic rings. The minimum absolute atomic E-state index is 0.0637. The average Bonchev–Trinajstić information content (AvgIpc) is 3.58. The minimum Gasteiger partial charge on any atom is -0.490 e. The first-order valence-corrected chi connectivity index (χ1v) is 12.3. The van der Waals surface area contributed by atoms with Crippen molar-refractivity contribution in [2.24, 2.45) is 11.7 Å². The van der Waals surface area contributed by atoms with Crippen LogP contribution in [0.4, 0.5) is 8.78 Å². The van der Waals surface area contributed by atoms with Crippen molar-refractivity contribution in [1.29, 1.82) is 0 Å². The Hall–Kier alpha value is -2.72. The van der Waals surface area contributed by atoms with Gasteiger partial charge in [0.15, 0.2) is 11.5 Å². The number of nitrogens with two attached hydrogens (primary N) is 1. The van der Waals surface area contributed by atoms with E-state index in [1.165, 1.54) is 25.5 Å². The molecule has 1 amide bonds. The number of hydrogen-bond donors (Lipinski definition) is 1. The number of aromatic nitrogens is 1. The van der Waals surface area contributed by atoms with E-state index in [1.54, 1.807) is 19.1 Å². The van der Waals surface area contributed by atoms with Crippen LogP contribution in [0.15, 0.2) is 22.6 Å². The Balaban J connectivity index is 1.25. The number of carbonyl (C=O) groups excluding carboxylic acids is 1. The van der Waals surface area contributed by atoms with E-state index >= 15 is 0 Å². The van der Waals surface area contributed by atoms with Gasteiger partial charge in [0, 0.05) is 44.7 Å². The van der Waals surface area contributed by atoms with Gasteiger partial charge in [-0.1, -0.05) is 0 Å². The molecule has 0 unspecified atom stereocenters. The zero-order chi connectivity index (χ0) is 24.8. The lowest BCUT2D eigenvalue weighted by molar-refractivity contribution is -0.133. The Bertz CT molecular complexity index is 988. The van der Waals surface area contributed by atoms with Crippen LogP contribution < -0.4 is 15.2 Å². The summed E-state index contributed by atoms with van der Waals surface area (Å²) >= 11 is 0. The number of halogens is 2. The molecule has 0 bridgehead atoms. The normalized spacial score (nSPS) is 16.7. The Kier molecular flexibility index (Phi) is 8.56. The molecule has 1 aliphatic carbocycles. The van der Waals surface area contributed by atoms with Crippen LogP contribution in [0.3, 0.4) is 0 Å². The van der Waals surface area contributed by atoms with Gasteiger partial charge >= 0.3 is 6.61 Å². The van der Waals surface area contributed by atoms with Gasteiger partial charge in [0.1, 0.15) is 5.76 Å². The summed E-state index contributed by atoms with van der Waals surface area (Å²) in [7, 11) is 0. The number of alkyl halides is 2. The number of oxazole rings is 1. The topological polar surface area (TPSA) is 94.1 Å². The van der Waals surface area contributed by atoms with Gasteiger partial charge in [0.2, 0.25) is 11.8 Å². The number of carbonyl (C=O) groups is 1. The third kappa shape index (κ3) is 7.14. The lowest BCUT2D eigenvalue weighted by Crippen LogP contribution is -2.49. The summed E-state index contributed by atoms with van der Waals surface area (Å²) in [4.78, 5) is 21.3. The Morgan fingerprint density at radius 3 is 2.63 bits per heavy atom. The van der Waals surface area contributed by atoms with Crippen LogP contribution in [0.2, 0.25) is 0 Å². The van der Waals surface area contributed by atoms with E-state index in [0.29, 0.717) is 42.2 Å². The second-order valence-electron chi connectivity index (χ2n) is 9.20. The quantitative estimate of drug-likeness (QED) is 0.450. The number of amides is 1. The van der Waals surface area contributed by atoms with E-state index in [9.17, 15) is 13.6 Å². The average molecular weight is 493 g/mol. The van der Waals surface area contributed by atoms with Crippen molar-refractivity contribution in [3.8, 4) is 23.0 Å². The Morgan fingerprint density at radius 1 is 1.20 bits per heavy atom. The van der Waals surface area contributed by atoms with Gasteiger partial charge in [0.05, 0.1) is 18.8 Å². The van der Waals surface area contributed by atoms with Gasteiger partial charge in [-0.25, -0.2) is 4.98 Å². The molecule has 0 spiro atoms. The van der Waals surface area contributed by atoms with Crippen molar-refractivity contribution < 1.29 is 27.5 Å².